The number of carboxylic acids is 1. The lowest BCUT2D eigenvalue weighted by molar-refractivity contribution is 0.0697. The third-order valence-corrected chi connectivity index (χ3v) is 3.69. The van der Waals surface area contributed by atoms with Crippen LogP contribution in [0.3, 0.4) is 0 Å². The number of aromatic carboxylic acids is 1. The summed E-state index contributed by atoms with van der Waals surface area (Å²) in [6.07, 6.45) is 7.58. The summed E-state index contributed by atoms with van der Waals surface area (Å²) in [5, 5.41) is 19.8. The molecule has 0 saturated heterocycles. The topological polar surface area (TPSA) is 75.1 Å². The molecule has 0 radical (unpaired) electrons. The van der Waals surface area contributed by atoms with Crippen LogP contribution < -0.4 is 5.32 Å². The second kappa shape index (κ2) is 5.33. The number of aromatic nitrogens is 2. The van der Waals surface area contributed by atoms with Gasteiger partial charge < -0.3 is 10.4 Å². The van der Waals surface area contributed by atoms with Gasteiger partial charge in [0, 0.05) is 6.54 Å². The first-order valence-electron chi connectivity index (χ1n) is 6.40. The summed E-state index contributed by atoms with van der Waals surface area (Å²) in [6.45, 7) is 3.00. The van der Waals surface area contributed by atoms with Crippen molar-refractivity contribution in [1.29, 1.82) is 0 Å². The van der Waals surface area contributed by atoms with Gasteiger partial charge >= 0.3 is 5.97 Å². The monoisotopic (exact) mass is 249 g/mol. The molecule has 0 aliphatic heterocycles. The average molecular weight is 249 g/mol. The van der Waals surface area contributed by atoms with Crippen molar-refractivity contribution >= 4 is 11.8 Å². The first kappa shape index (κ1) is 12.8. The van der Waals surface area contributed by atoms with Crippen molar-refractivity contribution in [1.82, 2.24) is 10.2 Å². The third kappa shape index (κ3) is 2.97. The molecule has 1 aromatic rings. The molecule has 2 rings (SSSR count). The Hall–Kier alpha value is -1.65. The Morgan fingerprint density at radius 2 is 2.17 bits per heavy atom. The van der Waals surface area contributed by atoms with Crippen LogP contribution in [0, 0.1) is 5.41 Å². The minimum Gasteiger partial charge on any atom is -0.478 e. The van der Waals surface area contributed by atoms with Crippen molar-refractivity contribution in [2.45, 2.75) is 39.0 Å². The van der Waals surface area contributed by atoms with E-state index in [0.717, 1.165) is 6.54 Å². The summed E-state index contributed by atoms with van der Waals surface area (Å²) < 4.78 is 0. The summed E-state index contributed by atoms with van der Waals surface area (Å²) in [7, 11) is 0. The second-order valence-corrected chi connectivity index (χ2v) is 5.32. The molecule has 5 nitrogen and oxygen atoms in total. The predicted octanol–water partition coefficient (Wildman–Crippen LogP) is 2.56. The summed E-state index contributed by atoms with van der Waals surface area (Å²) >= 11 is 0. The predicted molar refractivity (Wildman–Crippen MR) is 68.7 cm³/mol. The first-order valence-corrected chi connectivity index (χ1v) is 6.40. The van der Waals surface area contributed by atoms with Gasteiger partial charge in [0.1, 0.15) is 5.56 Å². The normalized spacial score (nSPS) is 18.3. The van der Waals surface area contributed by atoms with E-state index in [1.54, 1.807) is 0 Å². The molecule has 18 heavy (non-hydrogen) atoms. The van der Waals surface area contributed by atoms with Gasteiger partial charge in [-0.2, -0.15) is 5.10 Å². The van der Waals surface area contributed by atoms with E-state index in [-0.39, 0.29) is 11.0 Å². The van der Waals surface area contributed by atoms with Gasteiger partial charge in [-0.3, -0.25) is 0 Å². The van der Waals surface area contributed by atoms with Gasteiger partial charge in [-0.05, 0) is 24.3 Å². The maximum absolute atomic E-state index is 11.0. The zero-order valence-corrected chi connectivity index (χ0v) is 10.6. The lowest BCUT2D eigenvalue weighted by atomic mass is 9.76. The van der Waals surface area contributed by atoms with Gasteiger partial charge in [-0.25, -0.2) is 4.79 Å². The van der Waals surface area contributed by atoms with Gasteiger partial charge in [-0.15, -0.1) is 5.10 Å². The highest BCUT2D eigenvalue weighted by Crippen LogP contribution is 2.35. The van der Waals surface area contributed by atoms with Crippen molar-refractivity contribution in [3.63, 3.8) is 0 Å². The molecular formula is C13H19N3O2. The number of carboxylic acid groups (broad SMARTS) is 1. The minimum absolute atomic E-state index is 0.185. The van der Waals surface area contributed by atoms with Gasteiger partial charge in [0.05, 0.1) is 6.20 Å². The highest BCUT2D eigenvalue weighted by Gasteiger charge is 2.27. The fourth-order valence-electron chi connectivity index (χ4n) is 2.51. The lowest BCUT2D eigenvalue weighted by Crippen LogP contribution is -2.29. The van der Waals surface area contributed by atoms with E-state index in [1.807, 2.05) is 0 Å². The summed E-state index contributed by atoms with van der Waals surface area (Å²) in [4.78, 5) is 11.0. The Kier molecular flexibility index (Phi) is 3.79. The van der Waals surface area contributed by atoms with Crippen LogP contribution in [-0.4, -0.2) is 27.8 Å². The minimum atomic E-state index is -0.971. The van der Waals surface area contributed by atoms with Crippen molar-refractivity contribution in [2.75, 3.05) is 11.9 Å². The van der Waals surface area contributed by atoms with E-state index in [0.29, 0.717) is 5.82 Å². The largest absolute Gasteiger partial charge is 0.478 e. The Morgan fingerprint density at radius 3 is 2.83 bits per heavy atom. The Labute approximate surface area is 107 Å². The molecule has 1 aromatic heterocycles. The van der Waals surface area contributed by atoms with Crippen LogP contribution in [0.15, 0.2) is 12.3 Å². The van der Waals surface area contributed by atoms with Crippen LogP contribution >= 0.6 is 0 Å². The Morgan fingerprint density at radius 1 is 1.44 bits per heavy atom. The van der Waals surface area contributed by atoms with Crippen LogP contribution in [0.4, 0.5) is 5.82 Å². The molecular weight excluding hydrogens is 230 g/mol. The molecule has 1 aliphatic rings. The molecule has 1 heterocycles. The molecule has 0 bridgehead atoms. The average Bonchev–Trinajstić information content (AvgIpc) is 2.38. The van der Waals surface area contributed by atoms with Crippen molar-refractivity contribution in [2.24, 2.45) is 5.41 Å². The van der Waals surface area contributed by atoms with Crippen LogP contribution in [0.25, 0.3) is 0 Å². The summed E-state index contributed by atoms with van der Waals surface area (Å²) in [5.74, 6) is -0.599. The second-order valence-electron chi connectivity index (χ2n) is 5.32. The van der Waals surface area contributed by atoms with Crippen molar-refractivity contribution < 1.29 is 9.90 Å². The molecule has 98 valence electrons. The van der Waals surface area contributed by atoms with Crippen LogP contribution in [0.2, 0.25) is 0 Å². The molecule has 1 aliphatic carbocycles. The van der Waals surface area contributed by atoms with E-state index >= 15 is 0 Å². The highest BCUT2D eigenvalue weighted by molar-refractivity contribution is 5.92. The zero-order valence-electron chi connectivity index (χ0n) is 10.6. The zero-order chi connectivity index (χ0) is 13.0. The smallest absolute Gasteiger partial charge is 0.339 e. The molecule has 0 unspecified atom stereocenters. The number of nitrogens with zero attached hydrogens (tertiary/aromatic N) is 2. The number of anilines is 1. The lowest BCUT2D eigenvalue weighted by Gasteiger charge is -2.33. The standard InChI is InChI=1S/C13H19N3O2/c1-13(6-3-2-4-7-13)9-14-11-10(12(17)18)5-8-15-16-11/h5,8H,2-4,6-7,9H2,1H3,(H,14,16)(H,17,18). The molecule has 1 saturated carbocycles. The highest BCUT2D eigenvalue weighted by atomic mass is 16.4. The van der Waals surface area contributed by atoms with E-state index in [1.165, 1.54) is 44.4 Å². The van der Waals surface area contributed by atoms with Gasteiger partial charge in [0.15, 0.2) is 5.82 Å². The number of nitrogens with one attached hydrogen (secondary N) is 1. The quantitative estimate of drug-likeness (QED) is 0.857. The SMILES string of the molecule is CC1(CNc2nnccc2C(=O)O)CCCCC1. The third-order valence-electron chi connectivity index (χ3n) is 3.69. The Bertz CT molecular complexity index is 428. The molecule has 0 atom stereocenters. The molecule has 0 spiro atoms. The van der Waals surface area contributed by atoms with Gasteiger partial charge in [0.25, 0.3) is 0 Å². The first-order chi connectivity index (χ1) is 8.61. The van der Waals surface area contributed by atoms with E-state index in [9.17, 15) is 4.79 Å². The van der Waals surface area contributed by atoms with Crippen molar-refractivity contribution in [3.8, 4) is 0 Å². The Balaban J connectivity index is 2.03. The fraction of sp³-hybridized carbons (Fsp3) is 0.615. The summed E-state index contributed by atoms with van der Waals surface area (Å²) in [5.41, 5.74) is 0.426. The molecule has 0 aromatic carbocycles. The van der Waals surface area contributed by atoms with E-state index in [4.69, 9.17) is 5.11 Å². The van der Waals surface area contributed by atoms with Crippen molar-refractivity contribution in [3.05, 3.63) is 17.8 Å². The number of hydrogen-bond acceptors (Lipinski definition) is 4. The number of hydrogen-bond donors (Lipinski definition) is 2. The summed E-state index contributed by atoms with van der Waals surface area (Å²) in [6, 6.07) is 1.47. The number of rotatable bonds is 4. The van der Waals surface area contributed by atoms with E-state index in [2.05, 4.69) is 22.4 Å². The molecule has 0 amide bonds. The maximum atomic E-state index is 11.0. The van der Waals surface area contributed by atoms with Crippen LogP contribution in [0.5, 0.6) is 0 Å². The van der Waals surface area contributed by atoms with Gasteiger partial charge in [0.2, 0.25) is 0 Å². The molecule has 2 N–H and O–H groups in total. The van der Waals surface area contributed by atoms with Gasteiger partial charge in [-0.1, -0.05) is 26.2 Å². The fourth-order valence-corrected chi connectivity index (χ4v) is 2.51. The van der Waals surface area contributed by atoms with E-state index < -0.39 is 5.97 Å². The molecule has 5 heteroatoms. The molecule has 1 fully saturated rings. The van der Waals surface area contributed by atoms with Crippen LogP contribution in [0.1, 0.15) is 49.4 Å². The maximum Gasteiger partial charge on any atom is 0.339 e. The van der Waals surface area contributed by atoms with Crippen LogP contribution in [-0.2, 0) is 0 Å². The number of carbonyl (C=O) groups is 1.